The highest BCUT2D eigenvalue weighted by molar-refractivity contribution is 6.33. The molecule has 1 aliphatic heterocycles. The van der Waals surface area contributed by atoms with Crippen LogP contribution in [0, 0.1) is 0 Å². The molecule has 3 rings (SSSR count). The second-order valence-electron chi connectivity index (χ2n) is 4.22. The average Bonchev–Trinajstić information content (AvgIpc) is 2.94. The Morgan fingerprint density at radius 2 is 2.05 bits per heavy atom. The first-order valence-corrected chi connectivity index (χ1v) is 5.96. The van der Waals surface area contributed by atoms with Crippen molar-refractivity contribution in [3.63, 3.8) is 0 Å². The van der Waals surface area contributed by atoms with Gasteiger partial charge in [0, 0.05) is 0 Å². The first-order chi connectivity index (χ1) is 9.13. The standard InChI is InChI=1S/C10H11ClN4O4/c11-8-5-9(13-2-12-8)15(3-14-5)10-7(18)6(17)4(1-16)19-10/h2-4,6-7,10,16-18H,1H2/t4-,6+,7-,10+/m0/s1. The molecule has 0 radical (unpaired) electrons. The van der Waals surface area contributed by atoms with Gasteiger partial charge in [-0.3, -0.25) is 4.57 Å². The molecule has 0 aromatic carbocycles. The fourth-order valence-electron chi connectivity index (χ4n) is 2.12. The molecule has 1 aliphatic rings. The van der Waals surface area contributed by atoms with Crippen molar-refractivity contribution in [1.29, 1.82) is 0 Å². The van der Waals surface area contributed by atoms with Crippen LogP contribution in [-0.2, 0) is 4.74 Å². The lowest BCUT2D eigenvalue weighted by Gasteiger charge is -2.16. The molecule has 0 aliphatic carbocycles. The van der Waals surface area contributed by atoms with Gasteiger partial charge in [0.1, 0.15) is 30.2 Å². The number of fused-ring (bicyclic) bond motifs is 1. The lowest BCUT2D eigenvalue weighted by Crippen LogP contribution is -2.33. The summed E-state index contributed by atoms with van der Waals surface area (Å²) in [4.78, 5) is 11.9. The molecule has 1 fully saturated rings. The van der Waals surface area contributed by atoms with E-state index in [1.165, 1.54) is 17.2 Å². The number of aromatic nitrogens is 4. The van der Waals surface area contributed by atoms with Gasteiger partial charge >= 0.3 is 0 Å². The molecule has 3 heterocycles. The van der Waals surface area contributed by atoms with Gasteiger partial charge in [0.15, 0.2) is 17.0 Å². The van der Waals surface area contributed by atoms with Gasteiger partial charge in [-0.25, -0.2) is 15.0 Å². The van der Waals surface area contributed by atoms with E-state index < -0.39 is 31.1 Å². The summed E-state index contributed by atoms with van der Waals surface area (Å²) in [7, 11) is 0. The Morgan fingerprint density at radius 1 is 1.26 bits per heavy atom. The third kappa shape index (κ3) is 1.88. The van der Waals surface area contributed by atoms with Crippen LogP contribution in [0.25, 0.3) is 11.2 Å². The van der Waals surface area contributed by atoms with E-state index in [4.69, 9.17) is 21.4 Å². The number of nitrogens with zero attached hydrogens (tertiary/aromatic N) is 4. The molecule has 4 atom stereocenters. The highest BCUT2D eigenvalue weighted by atomic mass is 35.5. The van der Waals surface area contributed by atoms with E-state index in [1.807, 2.05) is 0 Å². The van der Waals surface area contributed by atoms with Crippen LogP contribution in [0.15, 0.2) is 12.7 Å². The Bertz CT molecular complexity index is 606. The molecule has 1 saturated heterocycles. The van der Waals surface area contributed by atoms with Crippen molar-refractivity contribution in [3.05, 3.63) is 17.8 Å². The predicted octanol–water partition coefficient (Wildman–Crippen LogP) is -0.909. The van der Waals surface area contributed by atoms with Gasteiger partial charge in [-0.05, 0) is 0 Å². The summed E-state index contributed by atoms with van der Waals surface area (Å²) in [5, 5.41) is 28.9. The number of hydrogen-bond acceptors (Lipinski definition) is 7. The zero-order valence-corrected chi connectivity index (χ0v) is 10.3. The van der Waals surface area contributed by atoms with E-state index >= 15 is 0 Å². The lowest BCUT2D eigenvalue weighted by molar-refractivity contribution is -0.0511. The fraction of sp³-hybridized carbons (Fsp3) is 0.500. The molecule has 0 saturated carbocycles. The number of aliphatic hydroxyl groups is 3. The van der Waals surface area contributed by atoms with E-state index in [2.05, 4.69) is 15.0 Å². The monoisotopic (exact) mass is 286 g/mol. The minimum atomic E-state index is -1.19. The Kier molecular flexibility index (Phi) is 3.11. The molecule has 2 aromatic heterocycles. The highest BCUT2D eigenvalue weighted by Crippen LogP contribution is 2.31. The van der Waals surface area contributed by atoms with E-state index in [0.29, 0.717) is 11.2 Å². The molecule has 0 bridgehead atoms. The maximum atomic E-state index is 9.95. The zero-order valence-electron chi connectivity index (χ0n) is 9.59. The summed E-state index contributed by atoms with van der Waals surface area (Å²) in [5.74, 6) is 0. The summed E-state index contributed by atoms with van der Waals surface area (Å²) >= 11 is 5.88. The van der Waals surface area contributed by atoms with Crippen LogP contribution in [-0.4, -0.2) is 59.8 Å². The van der Waals surface area contributed by atoms with Crippen LogP contribution in [0.1, 0.15) is 6.23 Å². The molecule has 0 amide bonds. The molecule has 0 unspecified atom stereocenters. The van der Waals surface area contributed by atoms with Gasteiger partial charge in [-0.1, -0.05) is 11.6 Å². The van der Waals surface area contributed by atoms with Crippen LogP contribution < -0.4 is 0 Å². The molecule has 2 aromatic rings. The Hall–Kier alpha value is -1.32. The predicted molar refractivity (Wildman–Crippen MR) is 63.3 cm³/mol. The van der Waals surface area contributed by atoms with Crippen LogP contribution in [0.4, 0.5) is 0 Å². The minimum absolute atomic E-state index is 0.190. The summed E-state index contributed by atoms with van der Waals surface area (Å²) < 4.78 is 6.85. The van der Waals surface area contributed by atoms with E-state index in [-0.39, 0.29) is 5.15 Å². The number of halogens is 1. The summed E-state index contributed by atoms with van der Waals surface area (Å²) in [5.41, 5.74) is 0.761. The van der Waals surface area contributed by atoms with Gasteiger partial charge in [-0.2, -0.15) is 0 Å². The molecular weight excluding hydrogens is 276 g/mol. The molecule has 19 heavy (non-hydrogen) atoms. The summed E-state index contributed by atoms with van der Waals surface area (Å²) in [6, 6.07) is 0. The zero-order chi connectivity index (χ0) is 13.6. The molecule has 3 N–H and O–H groups in total. The molecule has 9 heteroatoms. The first kappa shape index (κ1) is 12.7. The lowest BCUT2D eigenvalue weighted by atomic mass is 10.1. The molecule has 0 spiro atoms. The largest absolute Gasteiger partial charge is 0.394 e. The Labute approximate surface area is 112 Å². The quantitative estimate of drug-likeness (QED) is 0.613. The second-order valence-corrected chi connectivity index (χ2v) is 4.58. The smallest absolute Gasteiger partial charge is 0.167 e. The van der Waals surface area contributed by atoms with Crippen molar-refractivity contribution in [2.75, 3.05) is 6.61 Å². The van der Waals surface area contributed by atoms with Gasteiger partial charge in [0.2, 0.25) is 0 Å². The van der Waals surface area contributed by atoms with Crippen LogP contribution in [0.5, 0.6) is 0 Å². The van der Waals surface area contributed by atoms with Crippen LogP contribution >= 0.6 is 11.6 Å². The fourth-order valence-corrected chi connectivity index (χ4v) is 2.30. The third-order valence-electron chi connectivity index (χ3n) is 3.11. The van der Waals surface area contributed by atoms with E-state index in [1.54, 1.807) is 0 Å². The van der Waals surface area contributed by atoms with Crippen molar-refractivity contribution < 1.29 is 20.1 Å². The number of aliphatic hydroxyl groups excluding tert-OH is 3. The molecule has 102 valence electrons. The van der Waals surface area contributed by atoms with Crippen molar-refractivity contribution in [2.24, 2.45) is 0 Å². The Morgan fingerprint density at radius 3 is 2.74 bits per heavy atom. The normalized spacial score (nSPS) is 31.2. The summed E-state index contributed by atoms with van der Waals surface area (Å²) in [6.45, 7) is -0.392. The maximum absolute atomic E-state index is 9.95. The van der Waals surface area contributed by atoms with Crippen LogP contribution in [0.3, 0.4) is 0 Å². The van der Waals surface area contributed by atoms with E-state index in [0.717, 1.165) is 0 Å². The van der Waals surface area contributed by atoms with Gasteiger partial charge in [-0.15, -0.1) is 0 Å². The number of imidazole rings is 1. The minimum Gasteiger partial charge on any atom is -0.394 e. The van der Waals surface area contributed by atoms with Crippen molar-refractivity contribution in [3.8, 4) is 0 Å². The number of rotatable bonds is 2. The van der Waals surface area contributed by atoms with Crippen molar-refractivity contribution in [1.82, 2.24) is 19.5 Å². The highest BCUT2D eigenvalue weighted by Gasteiger charge is 2.43. The van der Waals surface area contributed by atoms with Crippen molar-refractivity contribution >= 4 is 22.8 Å². The maximum Gasteiger partial charge on any atom is 0.167 e. The van der Waals surface area contributed by atoms with Crippen LogP contribution in [0.2, 0.25) is 5.15 Å². The topological polar surface area (TPSA) is 114 Å². The number of hydrogen-bond donors (Lipinski definition) is 3. The third-order valence-corrected chi connectivity index (χ3v) is 3.38. The van der Waals surface area contributed by atoms with Gasteiger partial charge in [0.25, 0.3) is 0 Å². The van der Waals surface area contributed by atoms with E-state index in [9.17, 15) is 10.2 Å². The van der Waals surface area contributed by atoms with Gasteiger partial charge < -0.3 is 20.1 Å². The number of ether oxygens (including phenoxy) is 1. The average molecular weight is 287 g/mol. The molecular formula is C10H11ClN4O4. The SMILES string of the molecule is OC[C@@H]1O[C@@H](n2cnc3c(Cl)ncnc32)[C@@H](O)[C@@H]1O. The second kappa shape index (κ2) is 4.66. The summed E-state index contributed by atoms with van der Waals surface area (Å²) in [6.07, 6.45) is -1.44. The molecule has 8 nitrogen and oxygen atoms in total. The van der Waals surface area contributed by atoms with Crippen molar-refractivity contribution in [2.45, 2.75) is 24.5 Å². The van der Waals surface area contributed by atoms with Gasteiger partial charge in [0.05, 0.1) is 12.9 Å². The Balaban J connectivity index is 2.04. The first-order valence-electron chi connectivity index (χ1n) is 5.59.